The van der Waals surface area contributed by atoms with E-state index in [1.54, 1.807) is 0 Å². The van der Waals surface area contributed by atoms with Crippen LogP contribution in [0.15, 0.2) is 231 Å². The van der Waals surface area contributed by atoms with Gasteiger partial charge in [0.05, 0.1) is 27.1 Å². The number of rotatable bonds is 7. The molecule has 2 heterocycles. The fourth-order valence-corrected chi connectivity index (χ4v) is 10.5. The first-order chi connectivity index (χ1) is 30.2. The van der Waals surface area contributed by atoms with Crippen LogP contribution in [0.4, 0.5) is 17.1 Å². The summed E-state index contributed by atoms with van der Waals surface area (Å²) < 4.78 is 4.99. The summed E-state index contributed by atoms with van der Waals surface area (Å²) in [6.07, 6.45) is 0. The monoisotopic (exact) mass is 794 g/mol. The van der Waals surface area contributed by atoms with Crippen molar-refractivity contribution in [3.8, 4) is 39.1 Å². The number of aromatic nitrogens is 1. The highest BCUT2D eigenvalue weighted by molar-refractivity contribution is 7.26. The Bertz CT molecular complexity index is 3540. The summed E-state index contributed by atoms with van der Waals surface area (Å²) in [5.41, 5.74) is 14.1. The van der Waals surface area contributed by atoms with E-state index in [9.17, 15) is 0 Å². The normalized spacial score (nSPS) is 11.6. The zero-order valence-electron chi connectivity index (χ0n) is 33.2. The van der Waals surface area contributed by atoms with E-state index in [-0.39, 0.29) is 0 Å². The van der Waals surface area contributed by atoms with Crippen LogP contribution in [-0.4, -0.2) is 4.57 Å². The summed E-state index contributed by atoms with van der Waals surface area (Å²) in [4.78, 5) is 2.43. The molecule has 0 saturated heterocycles. The zero-order valence-corrected chi connectivity index (χ0v) is 34.1. The first-order valence-electron chi connectivity index (χ1n) is 20.8. The van der Waals surface area contributed by atoms with Crippen LogP contribution in [-0.2, 0) is 0 Å². The van der Waals surface area contributed by atoms with Crippen molar-refractivity contribution in [2.75, 3.05) is 4.90 Å². The van der Waals surface area contributed by atoms with Crippen molar-refractivity contribution >= 4 is 81.1 Å². The maximum atomic E-state index is 2.43. The molecule has 286 valence electrons. The number of anilines is 3. The molecule has 0 fully saturated rings. The van der Waals surface area contributed by atoms with E-state index in [1.165, 1.54) is 97.5 Å². The van der Waals surface area contributed by atoms with E-state index in [0.717, 1.165) is 11.4 Å². The summed E-state index contributed by atoms with van der Waals surface area (Å²) >= 11 is 1.86. The number of hydrogen-bond acceptors (Lipinski definition) is 2. The average Bonchev–Trinajstić information content (AvgIpc) is 3.89. The standard InChI is InChI=1S/C58H38N2S/c1-2-14-42-38-45(28-27-39(42)13-1)44-16-11-15-43(37-44)40-29-33-46(34-30-40)59(56-25-12-21-52-51-20-6-10-26-57(51)61-58(52)56)47-35-31-41(32-36-47)48-17-3-7-22-53(48)60-54-23-8-4-18-49(54)50-19-5-9-24-55(50)60/h1-38H. The van der Waals surface area contributed by atoms with Gasteiger partial charge in [0.1, 0.15) is 0 Å². The van der Waals surface area contributed by atoms with Crippen molar-refractivity contribution in [1.29, 1.82) is 0 Å². The molecule has 2 nitrogen and oxygen atoms in total. The highest BCUT2D eigenvalue weighted by atomic mass is 32.1. The van der Waals surface area contributed by atoms with Gasteiger partial charge in [0.15, 0.2) is 0 Å². The van der Waals surface area contributed by atoms with Crippen LogP contribution in [0.25, 0.3) is 91.8 Å². The van der Waals surface area contributed by atoms with E-state index >= 15 is 0 Å². The fraction of sp³-hybridized carbons (Fsp3) is 0. The van der Waals surface area contributed by atoms with Gasteiger partial charge in [-0.15, -0.1) is 11.3 Å². The molecule has 3 heteroatoms. The third kappa shape index (κ3) is 6.01. The van der Waals surface area contributed by atoms with Crippen LogP contribution in [0.3, 0.4) is 0 Å². The lowest BCUT2D eigenvalue weighted by molar-refractivity contribution is 1.18. The van der Waals surface area contributed by atoms with E-state index in [2.05, 4.69) is 240 Å². The number of fused-ring (bicyclic) bond motifs is 7. The summed E-state index contributed by atoms with van der Waals surface area (Å²) in [6.45, 7) is 0. The number of para-hydroxylation sites is 3. The largest absolute Gasteiger partial charge is 0.309 e. The minimum atomic E-state index is 1.11. The minimum Gasteiger partial charge on any atom is -0.309 e. The zero-order chi connectivity index (χ0) is 40.3. The second-order valence-electron chi connectivity index (χ2n) is 15.7. The fourth-order valence-electron chi connectivity index (χ4n) is 9.27. The molecule has 2 aromatic heterocycles. The highest BCUT2D eigenvalue weighted by Gasteiger charge is 2.20. The predicted octanol–water partition coefficient (Wildman–Crippen LogP) is 16.8. The van der Waals surface area contributed by atoms with E-state index < -0.39 is 0 Å². The SMILES string of the molecule is c1cc(-c2ccc(N(c3ccc(-c4ccccc4-n4c5ccccc5c5ccccc54)cc3)c3cccc4c3sc3ccccc34)cc2)cc(-c2ccc3ccccc3c2)c1. The molecule has 0 unspecified atom stereocenters. The van der Waals surface area contributed by atoms with Gasteiger partial charge in [0.2, 0.25) is 0 Å². The molecule has 61 heavy (non-hydrogen) atoms. The Kier molecular flexibility index (Phi) is 8.39. The van der Waals surface area contributed by atoms with Crippen LogP contribution in [0.1, 0.15) is 0 Å². The van der Waals surface area contributed by atoms with Crippen LogP contribution in [0.2, 0.25) is 0 Å². The molecule has 0 aliphatic heterocycles. The van der Waals surface area contributed by atoms with Crippen molar-refractivity contribution in [3.05, 3.63) is 231 Å². The molecule has 0 aliphatic carbocycles. The summed E-state index contributed by atoms with van der Waals surface area (Å²) in [7, 11) is 0. The van der Waals surface area contributed by atoms with Gasteiger partial charge >= 0.3 is 0 Å². The van der Waals surface area contributed by atoms with Gasteiger partial charge in [-0.2, -0.15) is 0 Å². The molecule has 12 aromatic rings. The first kappa shape index (κ1) is 35.2. The summed E-state index contributed by atoms with van der Waals surface area (Å²) in [5.74, 6) is 0. The Morgan fingerprint density at radius 1 is 0.344 bits per heavy atom. The molecule has 10 aromatic carbocycles. The van der Waals surface area contributed by atoms with Gasteiger partial charge in [0, 0.05) is 43.2 Å². The molecule has 0 radical (unpaired) electrons. The lowest BCUT2D eigenvalue weighted by Crippen LogP contribution is -2.10. The molecule has 0 bridgehead atoms. The van der Waals surface area contributed by atoms with Gasteiger partial charge in [-0.05, 0) is 105 Å². The third-order valence-corrected chi connectivity index (χ3v) is 13.4. The third-order valence-electron chi connectivity index (χ3n) is 12.2. The topological polar surface area (TPSA) is 8.17 Å². The maximum Gasteiger partial charge on any atom is 0.0640 e. The molecular formula is C58H38N2S. The number of thiophene rings is 1. The van der Waals surface area contributed by atoms with E-state index in [4.69, 9.17) is 0 Å². The van der Waals surface area contributed by atoms with Crippen LogP contribution < -0.4 is 4.90 Å². The molecule has 0 N–H and O–H groups in total. The first-order valence-corrected chi connectivity index (χ1v) is 21.6. The van der Waals surface area contributed by atoms with Crippen molar-refractivity contribution in [2.24, 2.45) is 0 Å². The smallest absolute Gasteiger partial charge is 0.0640 e. The van der Waals surface area contributed by atoms with E-state index in [1.807, 2.05) is 11.3 Å². The second kappa shape index (κ2) is 14.5. The van der Waals surface area contributed by atoms with Crippen LogP contribution in [0, 0.1) is 0 Å². The number of nitrogens with zero attached hydrogens (tertiary/aromatic N) is 2. The Labute approximate surface area is 358 Å². The van der Waals surface area contributed by atoms with Crippen molar-refractivity contribution < 1.29 is 0 Å². The van der Waals surface area contributed by atoms with Gasteiger partial charge in [-0.3, -0.25) is 0 Å². The van der Waals surface area contributed by atoms with Crippen LogP contribution in [0.5, 0.6) is 0 Å². The number of hydrogen-bond donors (Lipinski definition) is 0. The van der Waals surface area contributed by atoms with Crippen molar-refractivity contribution in [3.63, 3.8) is 0 Å². The Morgan fingerprint density at radius 3 is 1.64 bits per heavy atom. The average molecular weight is 795 g/mol. The molecule has 12 rings (SSSR count). The molecule has 0 saturated carbocycles. The maximum absolute atomic E-state index is 2.43. The molecule has 0 aliphatic rings. The molecule has 0 atom stereocenters. The lowest BCUT2D eigenvalue weighted by Gasteiger charge is -2.26. The predicted molar refractivity (Wildman–Crippen MR) is 262 cm³/mol. The number of benzene rings is 10. The molecule has 0 amide bonds. The van der Waals surface area contributed by atoms with Crippen molar-refractivity contribution in [1.82, 2.24) is 4.57 Å². The second-order valence-corrected chi connectivity index (χ2v) is 16.8. The summed E-state index contributed by atoms with van der Waals surface area (Å²) in [5, 5.41) is 7.61. The van der Waals surface area contributed by atoms with Gasteiger partial charge < -0.3 is 9.47 Å². The van der Waals surface area contributed by atoms with Gasteiger partial charge in [0.25, 0.3) is 0 Å². The highest BCUT2D eigenvalue weighted by Crippen LogP contribution is 2.46. The molecule has 0 spiro atoms. The quantitative estimate of drug-likeness (QED) is 0.156. The Hall–Kier alpha value is -7.72. The van der Waals surface area contributed by atoms with Gasteiger partial charge in [-0.1, -0.05) is 164 Å². The lowest BCUT2D eigenvalue weighted by atomic mass is 9.97. The van der Waals surface area contributed by atoms with Crippen molar-refractivity contribution in [2.45, 2.75) is 0 Å². The Morgan fingerprint density at radius 2 is 0.885 bits per heavy atom. The minimum absolute atomic E-state index is 1.11. The van der Waals surface area contributed by atoms with E-state index in [0.29, 0.717) is 0 Å². The Balaban J connectivity index is 0.960. The van der Waals surface area contributed by atoms with Crippen LogP contribution >= 0.6 is 11.3 Å². The summed E-state index contributed by atoms with van der Waals surface area (Å²) in [6, 6.07) is 84.1. The molecular weight excluding hydrogens is 757 g/mol. The van der Waals surface area contributed by atoms with Gasteiger partial charge in [-0.25, -0.2) is 0 Å².